The van der Waals surface area contributed by atoms with Gasteiger partial charge in [0.15, 0.2) is 11.9 Å². The van der Waals surface area contributed by atoms with Crippen LogP contribution in [0.2, 0.25) is 0 Å². The summed E-state index contributed by atoms with van der Waals surface area (Å²) in [7, 11) is 0. The first-order valence-corrected chi connectivity index (χ1v) is 15.2. The number of carboxylic acids is 1. The molecule has 0 aliphatic carbocycles. The van der Waals surface area contributed by atoms with Gasteiger partial charge in [0.25, 0.3) is 0 Å². The van der Waals surface area contributed by atoms with Gasteiger partial charge in [-0.1, -0.05) is 30.3 Å². The molecule has 17 N–H and O–H groups in total. The topological polar surface area (TPSA) is 352 Å². The Morgan fingerprint density at radius 3 is 1.71 bits per heavy atom. The van der Waals surface area contributed by atoms with Gasteiger partial charge in [0.05, 0.1) is 6.04 Å². The highest BCUT2D eigenvalue weighted by atomic mass is 16.4. The number of carbonyl (C=O) groups is 6. The molecule has 0 radical (unpaired) electrons. The van der Waals surface area contributed by atoms with Gasteiger partial charge in [-0.3, -0.25) is 34.0 Å². The van der Waals surface area contributed by atoms with Crippen LogP contribution in [0.15, 0.2) is 40.3 Å². The first kappa shape index (κ1) is 40.6. The molecule has 0 heterocycles. The molecular weight excluding hydrogens is 628 g/mol. The Hall–Kier alpha value is -5.46. The van der Waals surface area contributed by atoms with Gasteiger partial charge in [-0.05, 0) is 44.6 Å². The number of guanidine groups is 2. The van der Waals surface area contributed by atoms with E-state index in [2.05, 4.69) is 31.3 Å². The van der Waals surface area contributed by atoms with Gasteiger partial charge in [-0.15, -0.1) is 0 Å². The summed E-state index contributed by atoms with van der Waals surface area (Å²) in [6, 6.07) is 2.66. The van der Waals surface area contributed by atoms with Crippen molar-refractivity contribution >= 4 is 47.4 Å². The van der Waals surface area contributed by atoms with Crippen LogP contribution in [0.1, 0.15) is 51.0 Å². The van der Waals surface area contributed by atoms with Crippen LogP contribution in [0.4, 0.5) is 0 Å². The average molecular weight is 677 g/mol. The lowest BCUT2D eigenvalue weighted by Gasteiger charge is -2.25. The molecule has 1 rings (SSSR count). The molecule has 0 aliphatic heterocycles. The van der Waals surface area contributed by atoms with E-state index in [0.29, 0.717) is 5.56 Å². The summed E-state index contributed by atoms with van der Waals surface area (Å²) in [4.78, 5) is 83.1. The van der Waals surface area contributed by atoms with E-state index in [1.54, 1.807) is 30.3 Å². The minimum atomic E-state index is -1.29. The standard InChI is InChI=1S/C29H48N12O7/c1-16(23(43)40-20(27(47)48)10-6-14-37-29(34)35)38-26(46)21(15-17-7-3-2-4-8-17)41-25(45)19(9-5-13-36-28(32)33)39-24(44)18(30)11-12-22(31)42/h2-4,7-8,16,18-21H,5-6,9-15,30H2,1H3,(H2,31,42)(H,38,46)(H,39,44)(H,40,43)(H,41,45)(H,47,48)(H4,32,33,36)(H4,34,35,37)/t16-,18-,19-,20-,21-/m0/s1. The van der Waals surface area contributed by atoms with E-state index in [0.717, 1.165) is 0 Å². The zero-order valence-corrected chi connectivity index (χ0v) is 26.9. The Kier molecular flexibility index (Phi) is 18.0. The number of nitrogens with two attached hydrogens (primary N) is 6. The normalized spacial score (nSPS) is 13.7. The van der Waals surface area contributed by atoms with Crippen LogP contribution < -0.4 is 55.7 Å². The van der Waals surface area contributed by atoms with Crippen LogP contribution in [-0.2, 0) is 35.2 Å². The molecule has 0 aliphatic rings. The third kappa shape index (κ3) is 16.7. The van der Waals surface area contributed by atoms with E-state index < -0.39 is 65.7 Å². The molecule has 48 heavy (non-hydrogen) atoms. The lowest BCUT2D eigenvalue weighted by atomic mass is 10.0. The third-order valence-corrected chi connectivity index (χ3v) is 6.84. The van der Waals surface area contributed by atoms with Crippen molar-refractivity contribution in [2.75, 3.05) is 13.1 Å². The van der Waals surface area contributed by atoms with E-state index in [9.17, 15) is 33.9 Å². The highest BCUT2D eigenvalue weighted by molar-refractivity contribution is 5.95. The van der Waals surface area contributed by atoms with Crippen molar-refractivity contribution in [3.63, 3.8) is 0 Å². The first-order valence-electron chi connectivity index (χ1n) is 15.2. The SMILES string of the molecule is C[C@H](NC(=O)[C@H](Cc1ccccc1)NC(=O)[C@H](CCCN=C(N)N)NC(=O)[C@@H](N)CCC(N)=O)C(=O)N[C@@H](CCCN=C(N)N)C(=O)O. The number of rotatable bonds is 22. The number of hydrogen-bond donors (Lipinski definition) is 11. The molecule has 5 atom stereocenters. The number of benzene rings is 1. The highest BCUT2D eigenvalue weighted by Crippen LogP contribution is 2.08. The smallest absolute Gasteiger partial charge is 0.326 e. The molecule has 0 unspecified atom stereocenters. The van der Waals surface area contributed by atoms with Crippen molar-refractivity contribution in [3.05, 3.63) is 35.9 Å². The Labute approximate surface area is 278 Å². The summed E-state index contributed by atoms with van der Waals surface area (Å²) in [5, 5.41) is 19.6. The Morgan fingerprint density at radius 2 is 1.19 bits per heavy atom. The predicted molar refractivity (Wildman–Crippen MR) is 177 cm³/mol. The summed E-state index contributed by atoms with van der Waals surface area (Å²) in [6.07, 6.45) is 0.398. The maximum atomic E-state index is 13.5. The molecule has 0 saturated carbocycles. The average Bonchev–Trinajstić information content (AvgIpc) is 3.02. The van der Waals surface area contributed by atoms with Crippen molar-refractivity contribution in [1.29, 1.82) is 0 Å². The Balaban J connectivity index is 3.12. The zero-order chi connectivity index (χ0) is 36.2. The van der Waals surface area contributed by atoms with E-state index >= 15 is 0 Å². The quantitative estimate of drug-likeness (QED) is 0.0318. The molecule has 1 aromatic rings. The minimum Gasteiger partial charge on any atom is -0.480 e. The Morgan fingerprint density at radius 1 is 0.688 bits per heavy atom. The molecule has 0 bridgehead atoms. The van der Waals surface area contributed by atoms with Gasteiger partial charge in [-0.2, -0.15) is 0 Å². The van der Waals surface area contributed by atoms with E-state index in [-0.39, 0.29) is 70.0 Å². The molecule has 0 fully saturated rings. The van der Waals surface area contributed by atoms with Crippen molar-refractivity contribution < 1.29 is 33.9 Å². The summed E-state index contributed by atoms with van der Waals surface area (Å²) in [5.41, 5.74) is 33.0. The van der Waals surface area contributed by atoms with Gasteiger partial charge in [0, 0.05) is 25.9 Å². The van der Waals surface area contributed by atoms with Gasteiger partial charge in [-0.25, -0.2) is 4.79 Å². The number of nitrogens with zero attached hydrogens (tertiary/aromatic N) is 2. The number of aliphatic carboxylic acids is 1. The molecule has 266 valence electrons. The number of nitrogens with one attached hydrogen (secondary N) is 4. The van der Waals surface area contributed by atoms with Crippen LogP contribution in [0.5, 0.6) is 0 Å². The Bertz CT molecular complexity index is 1300. The molecule has 19 heteroatoms. The van der Waals surface area contributed by atoms with Crippen molar-refractivity contribution in [2.45, 2.75) is 82.1 Å². The highest BCUT2D eigenvalue weighted by Gasteiger charge is 2.30. The summed E-state index contributed by atoms with van der Waals surface area (Å²) < 4.78 is 0. The molecule has 0 spiro atoms. The van der Waals surface area contributed by atoms with Crippen molar-refractivity contribution in [2.24, 2.45) is 44.4 Å². The number of carboxylic acid groups (broad SMARTS) is 1. The number of amides is 5. The second-order valence-electron chi connectivity index (χ2n) is 11.0. The third-order valence-electron chi connectivity index (χ3n) is 6.84. The van der Waals surface area contributed by atoms with Crippen LogP contribution in [0, 0.1) is 0 Å². The fraction of sp³-hybridized carbons (Fsp3) is 0.517. The minimum absolute atomic E-state index is 0.00207. The monoisotopic (exact) mass is 676 g/mol. The first-order chi connectivity index (χ1) is 22.6. The fourth-order valence-electron chi connectivity index (χ4n) is 4.25. The number of primary amides is 1. The van der Waals surface area contributed by atoms with Gasteiger partial charge in [0.1, 0.15) is 24.2 Å². The van der Waals surface area contributed by atoms with E-state index in [1.807, 2.05) is 0 Å². The number of carbonyl (C=O) groups excluding carboxylic acids is 5. The summed E-state index contributed by atoms with van der Waals surface area (Å²) >= 11 is 0. The maximum Gasteiger partial charge on any atom is 0.326 e. The summed E-state index contributed by atoms with van der Waals surface area (Å²) in [5.74, 6) is -5.24. The van der Waals surface area contributed by atoms with Crippen LogP contribution in [0.25, 0.3) is 0 Å². The lowest BCUT2D eigenvalue weighted by molar-refractivity contribution is -0.142. The lowest BCUT2D eigenvalue weighted by Crippen LogP contribution is -2.58. The maximum absolute atomic E-state index is 13.5. The molecule has 19 nitrogen and oxygen atoms in total. The van der Waals surface area contributed by atoms with Gasteiger partial charge in [0.2, 0.25) is 29.5 Å². The van der Waals surface area contributed by atoms with Gasteiger partial charge < -0.3 is 60.8 Å². The zero-order valence-electron chi connectivity index (χ0n) is 26.9. The van der Waals surface area contributed by atoms with Crippen LogP contribution in [0.3, 0.4) is 0 Å². The molecule has 1 aromatic carbocycles. The number of aliphatic imine (C=N–C) groups is 2. The molecule has 0 saturated heterocycles. The molecular formula is C29H48N12O7. The summed E-state index contributed by atoms with van der Waals surface area (Å²) in [6.45, 7) is 1.65. The fourth-order valence-corrected chi connectivity index (χ4v) is 4.25. The van der Waals surface area contributed by atoms with Crippen molar-refractivity contribution in [1.82, 2.24) is 21.3 Å². The largest absolute Gasteiger partial charge is 0.480 e. The predicted octanol–water partition coefficient (Wildman–Crippen LogP) is -4.03. The van der Waals surface area contributed by atoms with Crippen molar-refractivity contribution in [3.8, 4) is 0 Å². The van der Waals surface area contributed by atoms with Crippen LogP contribution >= 0.6 is 0 Å². The van der Waals surface area contributed by atoms with E-state index in [4.69, 9.17) is 34.4 Å². The van der Waals surface area contributed by atoms with E-state index in [1.165, 1.54) is 6.92 Å². The molecule has 5 amide bonds. The van der Waals surface area contributed by atoms with Crippen LogP contribution in [-0.4, -0.2) is 95.8 Å². The molecule has 0 aromatic heterocycles. The number of hydrogen-bond acceptors (Lipinski definition) is 9. The van der Waals surface area contributed by atoms with Gasteiger partial charge >= 0.3 is 5.97 Å². The second kappa shape index (κ2) is 21.4. The second-order valence-corrected chi connectivity index (χ2v) is 11.0.